The Labute approximate surface area is 95.8 Å². The van der Waals surface area contributed by atoms with Crippen LogP contribution in [0, 0.1) is 16.0 Å². The van der Waals surface area contributed by atoms with E-state index in [-0.39, 0.29) is 10.6 Å². The molecule has 0 bridgehead atoms. The van der Waals surface area contributed by atoms with Gasteiger partial charge in [0.2, 0.25) is 0 Å². The minimum atomic E-state index is -0.373. The van der Waals surface area contributed by atoms with E-state index in [1.54, 1.807) is 12.1 Å². The minimum Gasteiger partial charge on any atom is -0.316 e. The Morgan fingerprint density at radius 3 is 2.25 bits per heavy atom. The van der Waals surface area contributed by atoms with Gasteiger partial charge in [0.1, 0.15) is 0 Å². The first-order chi connectivity index (χ1) is 7.54. The standard InChI is InChI=1S/C12H18N2O2/c1-9(2)12(13-3)8-10-4-6-11(7-5-10)14(15)16/h4-7,9,12-13H,8H2,1-3H3. The van der Waals surface area contributed by atoms with Crippen LogP contribution in [-0.2, 0) is 6.42 Å². The van der Waals surface area contributed by atoms with E-state index in [2.05, 4.69) is 19.2 Å². The zero-order chi connectivity index (χ0) is 12.1. The van der Waals surface area contributed by atoms with Gasteiger partial charge in [0.05, 0.1) is 4.92 Å². The number of rotatable bonds is 5. The average Bonchev–Trinajstić information content (AvgIpc) is 2.26. The Balaban J connectivity index is 2.71. The Morgan fingerprint density at radius 2 is 1.88 bits per heavy atom. The van der Waals surface area contributed by atoms with Crippen molar-refractivity contribution in [3.05, 3.63) is 39.9 Å². The van der Waals surface area contributed by atoms with Crippen LogP contribution >= 0.6 is 0 Å². The second-order valence-electron chi connectivity index (χ2n) is 4.27. The molecular formula is C12H18N2O2. The number of hydrogen-bond donors (Lipinski definition) is 1. The van der Waals surface area contributed by atoms with Crippen LogP contribution < -0.4 is 5.32 Å². The summed E-state index contributed by atoms with van der Waals surface area (Å²) in [6, 6.07) is 7.17. The van der Waals surface area contributed by atoms with Crippen molar-refractivity contribution in [2.24, 2.45) is 5.92 Å². The Hall–Kier alpha value is -1.42. The number of nitrogens with one attached hydrogen (secondary N) is 1. The lowest BCUT2D eigenvalue weighted by Crippen LogP contribution is -2.32. The maximum absolute atomic E-state index is 10.5. The fourth-order valence-corrected chi connectivity index (χ4v) is 1.68. The molecule has 88 valence electrons. The third-order valence-electron chi connectivity index (χ3n) is 2.78. The molecule has 0 radical (unpaired) electrons. The predicted octanol–water partition coefficient (Wildman–Crippen LogP) is 2.38. The highest BCUT2D eigenvalue weighted by atomic mass is 16.6. The summed E-state index contributed by atoms with van der Waals surface area (Å²) in [5.74, 6) is 0.542. The summed E-state index contributed by atoms with van der Waals surface area (Å²) in [6.45, 7) is 4.32. The van der Waals surface area contributed by atoms with Gasteiger partial charge in [0.25, 0.3) is 5.69 Å². The van der Waals surface area contributed by atoms with Crippen molar-refractivity contribution < 1.29 is 4.92 Å². The van der Waals surface area contributed by atoms with Crippen LogP contribution in [0.4, 0.5) is 5.69 Å². The van der Waals surface area contributed by atoms with Crippen LogP contribution in [0.5, 0.6) is 0 Å². The zero-order valence-electron chi connectivity index (χ0n) is 9.93. The van der Waals surface area contributed by atoms with Crippen molar-refractivity contribution in [1.29, 1.82) is 0 Å². The fourth-order valence-electron chi connectivity index (χ4n) is 1.68. The summed E-state index contributed by atoms with van der Waals surface area (Å²) in [7, 11) is 1.94. The molecule has 0 aliphatic heterocycles. The van der Waals surface area contributed by atoms with Crippen LogP contribution in [0.3, 0.4) is 0 Å². The number of nitro benzene ring substituents is 1. The quantitative estimate of drug-likeness (QED) is 0.614. The van der Waals surface area contributed by atoms with Crippen molar-refractivity contribution in [3.63, 3.8) is 0 Å². The predicted molar refractivity (Wildman–Crippen MR) is 64.5 cm³/mol. The molecule has 1 unspecified atom stereocenters. The summed E-state index contributed by atoms with van der Waals surface area (Å²) < 4.78 is 0. The molecule has 0 amide bonds. The summed E-state index contributed by atoms with van der Waals surface area (Å²) in [4.78, 5) is 10.1. The Morgan fingerprint density at radius 1 is 1.31 bits per heavy atom. The van der Waals surface area contributed by atoms with E-state index in [9.17, 15) is 10.1 Å². The molecule has 1 atom stereocenters. The van der Waals surface area contributed by atoms with Gasteiger partial charge in [0, 0.05) is 18.2 Å². The normalized spacial score (nSPS) is 12.8. The first kappa shape index (κ1) is 12.6. The van der Waals surface area contributed by atoms with E-state index in [1.165, 1.54) is 0 Å². The third kappa shape index (κ3) is 3.31. The second-order valence-corrected chi connectivity index (χ2v) is 4.27. The van der Waals surface area contributed by atoms with E-state index < -0.39 is 0 Å². The van der Waals surface area contributed by atoms with Gasteiger partial charge in [-0.05, 0) is 24.9 Å². The molecule has 0 saturated carbocycles. The number of benzene rings is 1. The molecule has 16 heavy (non-hydrogen) atoms. The highest BCUT2D eigenvalue weighted by molar-refractivity contribution is 5.33. The smallest absolute Gasteiger partial charge is 0.269 e. The van der Waals surface area contributed by atoms with Crippen molar-refractivity contribution in [3.8, 4) is 0 Å². The van der Waals surface area contributed by atoms with Crippen LogP contribution in [0.15, 0.2) is 24.3 Å². The van der Waals surface area contributed by atoms with Gasteiger partial charge in [-0.25, -0.2) is 0 Å². The first-order valence-corrected chi connectivity index (χ1v) is 5.45. The first-order valence-electron chi connectivity index (χ1n) is 5.45. The van der Waals surface area contributed by atoms with Crippen LogP contribution in [0.1, 0.15) is 19.4 Å². The monoisotopic (exact) mass is 222 g/mol. The zero-order valence-corrected chi connectivity index (χ0v) is 9.93. The van der Waals surface area contributed by atoms with Crippen molar-refractivity contribution in [2.45, 2.75) is 26.3 Å². The summed E-state index contributed by atoms with van der Waals surface area (Å²) in [5, 5.41) is 13.7. The minimum absolute atomic E-state index is 0.148. The number of nitrogens with zero attached hydrogens (tertiary/aromatic N) is 1. The molecule has 0 saturated heterocycles. The molecule has 0 aromatic heterocycles. The highest BCUT2D eigenvalue weighted by Gasteiger charge is 2.12. The van der Waals surface area contributed by atoms with E-state index in [1.807, 2.05) is 19.2 Å². The maximum atomic E-state index is 10.5. The second kappa shape index (κ2) is 5.61. The van der Waals surface area contributed by atoms with Gasteiger partial charge >= 0.3 is 0 Å². The number of hydrogen-bond acceptors (Lipinski definition) is 3. The van der Waals surface area contributed by atoms with Crippen LogP contribution in [-0.4, -0.2) is 18.0 Å². The van der Waals surface area contributed by atoms with Gasteiger partial charge in [-0.15, -0.1) is 0 Å². The summed E-state index contributed by atoms with van der Waals surface area (Å²) >= 11 is 0. The van der Waals surface area contributed by atoms with E-state index in [0.717, 1.165) is 12.0 Å². The molecule has 1 aromatic rings. The number of nitro groups is 1. The Kier molecular flexibility index (Phi) is 4.43. The molecule has 4 nitrogen and oxygen atoms in total. The summed E-state index contributed by atoms with van der Waals surface area (Å²) in [5.41, 5.74) is 1.27. The van der Waals surface area contributed by atoms with E-state index in [4.69, 9.17) is 0 Å². The Bertz CT molecular complexity index is 347. The topological polar surface area (TPSA) is 55.2 Å². The molecule has 0 fully saturated rings. The van der Waals surface area contributed by atoms with Gasteiger partial charge in [0.15, 0.2) is 0 Å². The van der Waals surface area contributed by atoms with Crippen molar-refractivity contribution in [1.82, 2.24) is 5.32 Å². The van der Waals surface area contributed by atoms with Crippen LogP contribution in [0.25, 0.3) is 0 Å². The lowest BCUT2D eigenvalue weighted by atomic mass is 9.96. The maximum Gasteiger partial charge on any atom is 0.269 e. The molecule has 1 rings (SSSR count). The molecule has 0 aliphatic carbocycles. The molecule has 1 N–H and O–H groups in total. The number of non-ortho nitro benzene ring substituents is 1. The lowest BCUT2D eigenvalue weighted by Gasteiger charge is -2.19. The molecular weight excluding hydrogens is 204 g/mol. The third-order valence-corrected chi connectivity index (χ3v) is 2.78. The van der Waals surface area contributed by atoms with E-state index in [0.29, 0.717) is 12.0 Å². The molecule has 4 heteroatoms. The largest absolute Gasteiger partial charge is 0.316 e. The number of likely N-dealkylation sites (N-methyl/N-ethyl adjacent to an activating group) is 1. The SMILES string of the molecule is CNC(Cc1ccc([N+](=O)[O-])cc1)C(C)C. The van der Waals surface area contributed by atoms with Gasteiger partial charge < -0.3 is 5.32 Å². The molecule has 0 spiro atoms. The lowest BCUT2D eigenvalue weighted by molar-refractivity contribution is -0.384. The van der Waals surface area contributed by atoms with E-state index >= 15 is 0 Å². The van der Waals surface area contributed by atoms with Crippen molar-refractivity contribution in [2.75, 3.05) is 7.05 Å². The van der Waals surface area contributed by atoms with Gasteiger partial charge in [-0.2, -0.15) is 0 Å². The average molecular weight is 222 g/mol. The highest BCUT2D eigenvalue weighted by Crippen LogP contribution is 2.15. The van der Waals surface area contributed by atoms with Crippen LogP contribution in [0.2, 0.25) is 0 Å². The van der Waals surface area contributed by atoms with Gasteiger partial charge in [-0.1, -0.05) is 26.0 Å². The molecule has 1 aromatic carbocycles. The van der Waals surface area contributed by atoms with Gasteiger partial charge in [-0.3, -0.25) is 10.1 Å². The molecule has 0 aliphatic rings. The molecule has 0 heterocycles. The van der Waals surface area contributed by atoms with Crippen molar-refractivity contribution >= 4 is 5.69 Å². The fraction of sp³-hybridized carbons (Fsp3) is 0.500. The summed E-state index contributed by atoms with van der Waals surface area (Å²) in [6.07, 6.45) is 0.895.